The van der Waals surface area contributed by atoms with Gasteiger partial charge in [-0.2, -0.15) is 0 Å². The van der Waals surface area contributed by atoms with Crippen molar-refractivity contribution >= 4 is 46.1 Å². The van der Waals surface area contributed by atoms with Gasteiger partial charge in [0.2, 0.25) is 11.8 Å². The number of likely N-dealkylation sites (N-methyl/N-ethyl adjacent to an activating group) is 1. The van der Waals surface area contributed by atoms with E-state index in [1.165, 1.54) is 5.56 Å². The van der Waals surface area contributed by atoms with Crippen LogP contribution in [-0.4, -0.2) is 95.0 Å². The number of thiocarbonyl (C=S) groups is 1. The molecule has 1 saturated carbocycles. The summed E-state index contributed by atoms with van der Waals surface area (Å²) in [5.74, 6) is -0.842. The summed E-state index contributed by atoms with van der Waals surface area (Å²) >= 11 is 7.64. The summed E-state index contributed by atoms with van der Waals surface area (Å²) in [4.78, 5) is 51.0. The number of nitrogens with one attached hydrogen (secondary N) is 1. The summed E-state index contributed by atoms with van der Waals surface area (Å²) in [6.07, 6.45) is 7.61. The van der Waals surface area contributed by atoms with E-state index in [0.29, 0.717) is 24.4 Å². The van der Waals surface area contributed by atoms with Crippen LogP contribution in [0.4, 0.5) is 0 Å². The Morgan fingerprint density at radius 2 is 1.76 bits per heavy atom. The molecule has 2 aliphatic rings. The number of nitrogens with two attached hydrogens (primary N) is 1. The largest absolute Gasteiger partial charge is 0.379 e. The van der Waals surface area contributed by atoms with E-state index in [0.717, 1.165) is 43.5 Å². The molecule has 300 valence electrons. The van der Waals surface area contributed by atoms with Crippen LogP contribution >= 0.6 is 23.6 Å². The number of ketones is 1. The van der Waals surface area contributed by atoms with E-state index in [2.05, 4.69) is 43.2 Å². The minimum atomic E-state index is -0.835. The van der Waals surface area contributed by atoms with Crippen LogP contribution in [0.15, 0.2) is 41.9 Å². The molecular formula is C42H65N5O5S2. The Bertz CT molecular complexity index is 1500. The lowest BCUT2D eigenvalue weighted by molar-refractivity contribution is -0.148. The Labute approximate surface area is 333 Å². The van der Waals surface area contributed by atoms with Gasteiger partial charge in [-0.3, -0.25) is 14.4 Å². The van der Waals surface area contributed by atoms with Gasteiger partial charge in [0.1, 0.15) is 5.01 Å². The molecule has 0 spiro atoms. The number of carbonyl (C=O) groups is 3. The highest BCUT2D eigenvalue weighted by molar-refractivity contribution is 7.80. The van der Waals surface area contributed by atoms with Crippen LogP contribution in [0.25, 0.3) is 0 Å². The summed E-state index contributed by atoms with van der Waals surface area (Å²) in [5.41, 5.74) is 6.88. The number of likely N-dealkylation sites (tertiary alicyclic amines) is 1. The first-order valence-electron chi connectivity index (χ1n) is 19.9. The van der Waals surface area contributed by atoms with Gasteiger partial charge in [-0.1, -0.05) is 96.4 Å². The van der Waals surface area contributed by atoms with Crippen molar-refractivity contribution in [3.63, 3.8) is 0 Å². The van der Waals surface area contributed by atoms with Crippen molar-refractivity contribution in [3.8, 4) is 0 Å². The molecule has 8 atom stereocenters. The maximum absolute atomic E-state index is 14.3. The molecule has 2 amide bonds. The van der Waals surface area contributed by atoms with Gasteiger partial charge in [0, 0.05) is 57.6 Å². The normalized spacial score (nSPS) is 20.9. The van der Waals surface area contributed by atoms with Crippen molar-refractivity contribution in [2.75, 3.05) is 27.8 Å². The fourth-order valence-corrected chi connectivity index (χ4v) is 9.59. The highest BCUT2D eigenvalue weighted by Crippen LogP contribution is 2.34. The van der Waals surface area contributed by atoms with E-state index in [-0.39, 0.29) is 72.4 Å². The van der Waals surface area contributed by atoms with Gasteiger partial charge < -0.3 is 30.3 Å². The number of amides is 2. The quantitative estimate of drug-likeness (QED) is 0.140. The van der Waals surface area contributed by atoms with Gasteiger partial charge in [-0.05, 0) is 49.5 Å². The van der Waals surface area contributed by atoms with Crippen molar-refractivity contribution in [1.29, 1.82) is 0 Å². The summed E-state index contributed by atoms with van der Waals surface area (Å²) in [6, 6.07) is 9.68. The summed E-state index contributed by atoms with van der Waals surface area (Å²) < 4.78 is 12.3. The van der Waals surface area contributed by atoms with Crippen LogP contribution in [0.1, 0.15) is 109 Å². The van der Waals surface area contributed by atoms with Crippen LogP contribution in [-0.2, 0) is 30.3 Å². The average molecular weight is 784 g/mol. The van der Waals surface area contributed by atoms with Gasteiger partial charge >= 0.3 is 0 Å². The number of benzene rings is 1. The molecule has 1 aromatic carbocycles. The first-order valence-corrected chi connectivity index (χ1v) is 21.2. The topological polar surface area (TPSA) is 127 Å². The predicted octanol–water partition coefficient (Wildman–Crippen LogP) is 6.77. The molecule has 0 unspecified atom stereocenters. The lowest BCUT2D eigenvalue weighted by atomic mass is 9.81. The van der Waals surface area contributed by atoms with Crippen molar-refractivity contribution in [3.05, 3.63) is 52.5 Å². The Hall–Kier alpha value is -2.77. The second-order valence-electron chi connectivity index (χ2n) is 16.1. The van der Waals surface area contributed by atoms with Gasteiger partial charge in [0.15, 0.2) is 5.78 Å². The molecule has 1 saturated heterocycles. The van der Waals surface area contributed by atoms with Crippen molar-refractivity contribution in [2.24, 2.45) is 29.4 Å². The first kappa shape index (κ1) is 44.0. The smallest absolute Gasteiger partial charge is 0.226 e. The van der Waals surface area contributed by atoms with E-state index < -0.39 is 17.6 Å². The first-order chi connectivity index (χ1) is 25.8. The van der Waals surface area contributed by atoms with E-state index in [1.54, 1.807) is 37.5 Å². The van der Waals surface area contributed by atoms with Crippen molar-refractivity contribution < 1.29 is 23.9 Å². The predicted molar refractivity (Wildman–Crippen MR) is 220 cm³/mol. The molecule has 2 heterocycles. The fraction of sp³-hybridized carbons (Fsp3) is 0.690. The zero-order valence-corrected chi connectivity index (χ0v) is 35.4. The highest BCUT2D eigenvalue weighted by atomic mass is 32.1. The van der Waals surface area contributed by atoms with Crippen LogP contribution in [0, 0.1) is 23.7 Å². The van der Waals surface area contributed by atoms with Gasteiger partial charge in [-0.15, -0.1) is 11.3 Å². The number of carbonyl (C=O) groups excluding carboxylic acids is 3. The number of hydrogen-bond acceptors (Lipinski definition) is 9. The van der Waals surface area contributed by atoms with E-state index in [1.807, 2.05) is 48.5 Å². The zero-order chi connectivity index (χ0) is 39.6. The molecule has 3 N–H and O–H groups in total. The van der Waals surface area contributed by atoms with Gasteiger partial charge in [0.25, 0.3) is 0 Å². The van der Waals surface area contributed by atoms with Crippen LogP contribution < -0.4 is 11.1 Å². The molecule has 4 rings (SSSR count). The zero-order valence-electron chi connectivity index (χ0n) is 33.8. The number of thiazole rings is 1. The number of aromatic nitrogens is 1. The maximum atomic E-state index is 14.3. The number of nitrogens with zero attached hydrogens (tertiary/aromatic N) is 3. The third kappa shape index (κ3) is 10.7. The Morgan fingerprint density at radius 3 is 2.33 bits per heavy atom. The van der Waals surface area contributed by atoms with E-state index in [4.69, 9.17) is 27.4 Å². The lowest BCUT2D eigenvalue weighted by Gasteiger charge is -2.41. The number of hydrogen-bond donors (Lipinski definition) is 2. The van der Waals surface area contributed by atoms with Crippen molar-refractivity contribution in [1.82, 2.24) is 20.1 Å². The number of Topliss-reactive ketones (excluding diaryl/α,β-unsaturated/α-hetero) is 1. The second-order valence-corrected chi connectivity index (χ2v) is 17.4. The molecule has 0 bridgehead atoms. The van der Waals surface area contributed by atoms with Gasteiger partial charge in [-0.25, -0.2) is 4.98 Å². The van der Waals surface area contributed by atoms with E-state index in [9.17, 15) is 14.4 Å². The number of methoxy groups -OCH3 is 2. The third-order valence-electron chi connectivity index (χ3n) is 12.2. The summed E-state index contributed by atoms with van der Waals surface area (Å²) in [7, 11) is 5.11. The number of ether oxygens (including phenoxy) is 2. The number of rotatable bonds is 20. The van der Waals surface area contributed by atoms with Crippen LogP contribution in [0.5, 0.6) is 0 Å². The second kappa shape index (κ2) is 20.4. The molecule has 10 nitrogen and oxygen atoms in total. The monoisotopic (exact) mass is 783 g/mol. The molecule has 2 fully saturated rings. The molecular weight excluding hydrogens is 719 g/mol. The molecule has 1 aliphatic carbocycles. The third-order valence-corrected chi connectivity index (χ3v) is 13.6. The molecule has 54 heavy (non-hydrogen) atoms. The molecule has 1 aromatic heterocycles. The lowest BCUT2D eigenvalue weighted by Crippen LogP contribution is -2.54. The molecule has 0 radical (unpaired) electrons. The molecule has 1 aliphatic heterocycles. The highest BCUT2D eigenvalue weighted by Gasteiger charge is 2.44. The van der Waals surface area contributed by atoms with Crippen LogP contribution in [0.3, 0.4) is 0 Å². The minimum absolute atomic E-state index is 0.0226. The van der Waals surface area contributed by atoms with Gasteiger partial charge in [0.05, 0.1) is 47.3 Å². The average Bonchev–Trinajstić information content (AvgIpc) is 3.97. The Kier molecular flexibility index (Phi) is 16.6. The summed E-state index contributed by atoms with van der Waals surface area (Å²) in [6.45, 7) is 10.8. The molecule has 2 aromatic rings. The van der Waals surface area contributed by atoms with E-state index >= 15 is 0 Å². The Morgan fingerprint density at radius 1 is 1.07 bits per heavy atom. The maximum Gasteiger partial charge on any atom is 0.226 e. The summed E-state index contributed by atoms with van der Waals surface area (Å²) in [5, 5.41) is 6.55. The fourth-order valence-electron chi connectivity index (χ4n) is 8.62. The van der Waals surface area contributed by atoms with Crippen molar-refractivity contribution in [2.45, 2.75) is 135 Å². The van der Waals surface area contributed by atoms with Crippen LogP contribution in [0.2, 0.25) is 0 Å². The standard InChI is InChI=1S/C42H65N5O5S2/c1-9-28(4)37(46(6)41(50)31(27(2)3)25-35(48)42(43)19-13-14-20-42)34(51-7)26-36(49)47-22-15-18-33(47)38(52-8)29(5)39(53)45-32(40-44-21-23-54-40)24-30-16-11-10-12-17-30/h10-12,16-17,21,23,27-29,31-34,37-38H,9,13-15,18-20,22,24-26,43H2,1-8H3,(H,45,53)/t28-,29+,31-,32-,33-,34+,37-,38+/m0/s1. The SMILES string of the molecule is CC[C@H](C)[C@@H]([C@@H](CC(=O)N1CCC[C@H]1[C@H](OC)[C@@H](C)C(=S)N[C@@H](Cc1ccccc1)c1nccs1)OC)N(C)C(=O)[C@@H](CC(=O)C1(N)CCCC1)C(C)C. The Balaban J connectivity index is 1.47. The minimum Gasteiger partial charge on any atom is -0.379 e. The molecule has 12 heteroatoms.